The maximum Gasteiger partial charge on any atom is 0.246 e. The van der Waals surface area contributed by atoms with Crippen molar-refractivity contribution >= 4 is 34.9 Å². The summed E-state index contributed by atoms with van der Waals surface area (Å²) >= 11 is 7.25. The van der Waals surface area contributed by atoms with Gasteiger partial charge in [0.15, 0.2) is 0 Å². The van der Waals surface area contributed by atoms with E-state index in [-0.39, 0.29) is 5.91 Å². The highest BCUT2D eigenvalue weighted by molar-refractivity contribution is 7.17. The van der Waals surface area contributed by atoms with Crippen molar-refractivity contribution < 1.29 is 4.79 Å². The normalized spacial score (nSPS) is 11.0. The molecule has 2 heterocycles. The number of nitrogens with zero attached hydrogens (tertiary/aromatic N) is 2. The van der Waals surface area contributed by atoms with Crippen LogP contribution in [0.3, 0.4) is 0 Å². The van der Waals surface area contributed by atoms with E-state index in [1.165, 1.54) is 11.3 Å². The lowest BCUT2D eigenvalue weighted by molar-refractivity contribution is -0.125. The average Bonchev–Trinajstić information content (AvgIpc) is 2.97. The smallest absolute Gasteiger partial charge is 0.246 e. The highest BCUT2D eigenvalue weighted by Crippen LogP contribution is 2.22. The van der Waals surface area contributed by atoms with Crippen molar-refractivity contribution in [1.82, 2.24) is 15.1 Å². The van der Waals surface area contributed by atoms with Crippen LogP contribution in [0.1, 0.15) is 10.4 Å². The largest absolute Gasteiger partial charge is 0.338 e. The Balaban J connectivity index is 1.93. The second-order valence-corrected chi connectivity index (χ2v) is 5.52. The second kappa shape index (κ2) is 5.84. The molecule has 0 unspecified atom stereocenters. The number of nitrogens with one attached hydrogen (secondary N) is 1. The Morgan fingerprint density at radius 3 is 3.06 bits per heavy atom. The Morgan fingerprint density at radius 1 is 1.61 bits per heavy atom. The van der Waals surface area contributed by atoms with Gasteiger partial charge in [-0.3, -0.25) is 9.89 Å². The van der Waals surface area contributed by atoms with Crippen molar-refractivity contribution in [3.8, 4) is 0 Å². The number of H-pyrrole nitrogens is 1. The lowest BCUT2D eigenvalue weighted by Gasteiger charge is -2.13. The zero-order chi connectivity index (χ0) is 13.0. The Hall–Kier alpha value is -1.59. The molecule has 6 heteroatoms. The van der Waals surface area contributed by atoms with E-state index in [1.54, 1.807) is 36.5 Å². The number of hydrogen-bond acceptors (Lipinski definition) is 3. The highest BCUT2D eigenvalue weighted by atomic mass is 35.5. The van der Waals surface area contributed by atoms with Gasteiger partial charge in [0.1, 0.15) is 0 Å². The van der Waals surface area contributed by atoms with Gasteiger partial charge in [-0.05, 0) is 18.2 Å². The van der Waals surface area contributed by atoms with E-state index < -0.39 is 0 Å². The third-order valence-corrected chi connectivity index (χ3v) is 3.53. The van der Waals surface area contributed by atoms with E-state index in [4.69, 9.17) is 11.6 Å². The van der Waals surface area contributed by atoms with Gasteiger partial charge in [0.05, 0.1) is 10.5 Å². The quantitative estimate of drug-likeness (QED) is 0.876. The van der Waals surface area contributed by atoms with Crippen molar-refractivity contribution in [3.63, 3.8) is 0 Å². The van der Waals surface area contributed by atoms with Crippen LogP contribution in [-0.4, -0.2) is 28.1 Å². The third kappa shape index (κ3) is 3.45. The minimum absolute atomic E-state index is 0.0549. The number of halogens is 1. The molecule has 1 N–H and O–H groups in total. The van der Waals surface area contributed by atoms with Gasteiger partial charge in [0.2, 0.25) is 5.91 Å². The molecule has 0 bridgehead atoms. The molecule has 0 atom stereocenters. The van der Waals surface area contributed by atoms with Crippen LogP contribution >= 0.6 is 22.9 Å². The molecule has 0 fully saturated rings. The van der Waals surface area contributed by atoms with Crippen LogP contribution in [-0.2, 0) is 11.3 Å². The van der Waals surface area contributed by atoms with E-state index in [1.807, 2.05) is 12.1 Å². The Kier molecular flexibility index (Phi) is 4.17. The van der Waals surface area contributed by atoms with E-state index in [0.717, 1.165) is 10.4 Å². The summed E-state index contributed by atoms with van der Waals surface area (Å²) in [6.07, 6.45) is 6.78. The maximum atomic E-state index is 11.8. The molecule has 0 aromatic carbocycles. The van der Waals surface area contributed by atoms with Crippen LogP contribution in [0.5, 0.6) is 0 Å². The summed E-state index contributed by atoms with van der Waals surface area (Å²) in [5, 5.41) is 6.55. The fourth-order valence-corrected chi connectivity index (χ4v) is 2.38. The molecule has 0 aliphatic heterocycles. The molecule has 0 aliphatic rings. The van der Waals surface area contributed by atoms with E-state index in [0.29, 0.717) is 10.9 Å². The van der Waals surface area contributed by atoms with Crippen molar-refractivity contribution in [3.05, 3.63) is 45.4 Å². The van der Waals surface area contributed by atoms with Gasteiger partial charge >= 0.3 is 0 Å². The minimum atomic E-state index is -0.0549. The SMILES string of the molecule is CN(Cc1cn[nH]c1)C(=O)C=Cc1ccc(Cl)s1. The number of rotatable bonds is 4. The molecule has 2 rings (SSSR count). The lowest BCUT2D eigenvalue weighted by atomic mass is 10.3. The number of carbonyl (C=O) groups excluding carboxylic acids is 1. The van der Waals surface area contributed by atoms with Gasteiger partial charge in [-0.2, -0.15) is 5.10 Å². The van der Waals surface area contributed by atoms with Gasteiger partial charge in [-0.15, -0.1) is 11.3 Å². The fraction of sp³-hybridized carbons (Fsp3) is 0.167. The molecular formula is C12H12ClN3OS. The number of carbonyl (C=O) groups is 1. The van der Waals surface area contributed by atoms with Crippen molar-refractivity contribution in [2.75, 3.05) is 7.05 Å². The van der Waals surface area contributed by atoms with Crippen LogP contribution in [0.15, 0.2) is 30.6 Å². The molecule has 0 saturated heterocycles. The van der Waals surface area contributed by atoms with Gasteiger partial charge in [0.25, 0.3) is 0 Å². The predicted molar refractivity (Wildman–Crippen MR) is 73.4 cm³/mol. The molecule has 0 spiro atoms. The van der Waals surface area contributed by atoms with Gasteiger partial charge in [-0.25, -0.2) is 0 Å². The molecular weight excluding hydrogens is 270 g/mol. The first-order valence-corrected chi connectivity index (χ1v) is 6.51. The molecule has 2 aromatic rings. The topological polar surface area (TPSA) is 49.0 Å². The zero-order valence-corrected chi connectivity index (χ0v) is 11.3. The molecule has 0 radical (unpaired) electrons. The Morgan fingerprint density at radius 2 is 2.44 bits per heavy atom. The van der Waals surface area contributed by atoms with Crippen molar-refractivity contribution in [2.24, 2.45) is 0 Å². The summed E-state index contributed by atoms with van der Waals surface area (Å²) in [5.74, 6) is -0.0549. The summed E-state index contributed by atoms with van der Waals surface area (Å²) in [7, 11) is 1.75. The highest BCUT2D eigenvalue weighted by Gasteiger charge is 2.06. The van der Waals surface area contributed by atoms with Gasteiger partial charge in [-0.1, -0.05) is 11.6 Å². The van der Waals surface area contributed by atoms with E-state index >= 15 is 0 Å². The van der Waals surface area contributed by atoms with Crippen LogP contribution in [0.4, 0.5) is 0 Å². The van der Waals surface area contributed by atoms with Crippen molar-refractivity contribution in [2.45, 2.75) is 6.54 Å². The summed E-state index contributed by atoms with van der Waals surface area (Å²) < 4.78 is 0.717. The molecule has 1 amide bonds. The second-order valence-electron chi connectivity index (χ2n) is 3.78. The fourth-order valence-electron chi connectivity index (χ4n) is 1.41. The molecule has 0 saturated carbocycles. The molecule has 18 heavy (non-hydrogen) atoms. The molecule has 94 valence electrons. The number of amides is 1. The van der Waals surface area contributed by atoms with Gasteiger partial charge < -0.3 is 4.90 Å². The van der Waals surface area contributed by atoms with Crippen LogP contribution < -0.4 is 0 Å². The predicted octanol–water partition coefficient (Wildman–Crippen LogP) is 2.80. The summed E-state index contributed by atoms with van der Waals surface area (Å²) in [6, 6.07) is 3.69. The van der Waals surface area contributed by atoms with Gasteiger partial charge in [0, 0.05) is 36.3 Å². The Labute approximate surface area is 114 Å². The minimum Gasteiger partial charge on any atom is -0.338 e. The summed E-state index contributed by atoms with van der Waals surface area (Å²) in [5.41, 5.74) is 0.971. The third-order valence-electron chi connectivity index (χ3n) is 2.33. The van der Waals surface area contributed by atoms with E-state index in [9.17, 15) is 4.79 Å². The maximum absolute atomic E-state index is 11.8. The number of aromatic nitrogens is 2. The van der Waals surface area contributed by atoms with E-state index in [2.05, 4.69) is 10.2 Å². The summed E-state index contributed by atoms with van der Waals surface area (Å²) in [4.78, 5) is 14.4. The molecule has 0 aliphatic carbocycles. The van der Waals surface area contributed by atoms with Crippen LogP contribution in [0, 0.1) is 0 Å². The standard InChI is InChI=1S/C12H12ClN3OS/c1-16(8-9-6-14-15-7-9)12(17)5-3-10-2-4-11(13)18-10/h2-7H,8H2,1H3,(H,14,15). The van der Waals surface area contributed by atoms with Crippen LogP contribution in [0.2, 0.25) is 4.34 Å². The monoisotopic (exact) mass is 281 g/mol. The molecule has 4 nitrogen and oxygen atoms in total. The van der Waals surface area contributed by atoms with Crippen molar-refractivity contribution in [1.29, 1.82) is 0 Å². The summed E-state index contributed by atoms with van der Waals surface area (Å²) in [6.45, 7) is 0.533. The van der Waals surface area contributed by atoms with Crippen LogP contribution in [0.25, 0.3) is 6.08 Å². The first-order chi connectivity index (χ1) is 8.65. The number of thiophene rings is 1. The lowest BCUT2D eigenvalue weighted by Crippen LogP contribution is -2.23. The zero-order valence-electron chi connectivity index (χ0n) is 9.76. The first-order valence-electron chi connectivity index (χ1n) is 5.31. The average molecular weight is 282 g/mol. The Bertz CT molecular complexity index is 547. The number of likely N-dealkylation sites (N-methyl/N-ethyl adjacent to an activating group) is 1. The first kappa shape index (κ1) is 12.9. The number of aromatic amines is 1. The number of hydrogen-bond donors (Lipinski definition) is 1. The molecule has 2 aromatic heterocycles.